The molecule has 0 spiro atoms. The van der Waals surface area contributed by atoms with Crippen LogP contribution >= 0.6 is 24.0 Å². The largest absolute Gasteiger partial charge is 0.382 e. The number of nitrogens with one attached hydrogen (secondary N) is 1. The van der Waals surface area contributed by atoms with Crippen LogP contribution in [0.25, 0.3) is 0 Å². The first kappa shape index (κ1) is 25.1. The van der Waals surface area contributed by atoms with Crippen LogP contribution in [0.1, 0.15) is 64.5 Å². The molecule has 0 radical (unpaired) electrons. The molecule has 1 atom stereocenters. The summed E-state index contributed by atoms with van der Waals surface area (Å²) in [6.45, 7) is 13.8. The summed E-state index contributed by atoms with van der Waals surface area (Å²) in [5.41, 5.74) is 0.377. The third kappa shape index (κ3) is 7.50. The average molecular weight is 506 g/mol. The van der Waals surface area contributed by atoms with Crippen LogP contribution in [0.15, 0.2) is 4.99 Å². The molecule has 8 heteroatoms. The van der Waals surface area contributed by atoms with Gasteiger partial charge < -0.3 is 19.5 Å². The Kier molecular flexibility index (Phi) is 11.3. The van der Waals surface area contributed by atoms with Gasteiger partial charge in [0.15, 0.2) is 11.8 Å². The quantitative estimate of drug-likeness (QED) is 0.240. The first-order valence-corrected chi connectivity index (χ1v) is 10.4. The van der Waals surface area contributed by atoms with E-state index in [1.54, 1.807) is 0 Å². The van der Waals surface area contributed by atoms with Crippen molar-refractivity contribution in [1.29, 1.82) is 0 Å². The fraction of sp³-hybridized carbons (Fsp3) is 0.850. The Bertz CT molecular complexity index is 602. The standard InChI is InChI=1S/C20H38N6O.HI/c1-6-10-20(4)11-8-13-26(16-20)19(21-12-9-14-27-7-2)22-15-18-24-23-17(3)25(18)5;/h6-16H2,1-5H3,(H,21,22);1H. The van der Waals surface area contributed by atoms with Gasteiger partial charge in [-0.3, -0.25) is 0 Å². The average Bonchev–Trinajstić information content (AvgIpc) is 2.96. The minimum Gasteiger partial charge on any atom is -0.382 e. The second-order valence-corrected chi connectivity index (χ2v) is 7.93. The zero-order valence-electron chi connectivity index (χ0n) is 18.3. The highest BCUT2D eigenvalue weighted by Crippen LogP contribution is 2.33. The third-order valence-corrected chi connectivity index (χ3v) is 5.44. The molecule has 162 valence electrons. The molecule has 0 aromatic carbocycles. The highest BCUT2D eigenvalue weighted by molar-refractivity contribution is 14.0. The molecule has 2 rings (SSSR count). The summed E-state index contributed by atoms with van der Waals surface area (Å²) in [5, 5.41) is 12.0. The van der Waals surface area contributed by atoms with E-state index >= 15 is 0 Å². The molecule has 7 nitrogen and oxygen atoms in total. The van der Waals surface area contributed by atoms with Gasteiger partial charge in [-0.25, -0.2) is 4.99 Å². The van der Waals surface area contributed by atoms with E-state index in [0.717, 1.165) is 56.9 Å². The van der Waals surface area contributed by atoms with Crippen molar-refractivity contribution < 1.29 is 4.74 Å². The molecule has 0 saturated carbocycles. The Balaban J connectivity index is 0.00000392. The first-order valence-electron chi connectivity index (χ1n) is 10.4. The number of rotatable bonds is 9. The number of aliphatic imine (C=N–C) groups is 1. The van der Waals surface area contributed by atoms with Crippen molar-refractivity contribution in [3.8, 4) is 0 Å². The van der Waals surface area contributed by atoms with Gasteiger partial charge in [0, 0.05) is 39.9 Å². The normalized spacial score (nSPS) is 20.2. The molecule has 0 amide bonds. The van der Waals surface area contributed by atoms with Crippen molar-refractivity contribution in [2.24, 2.45) is 17.5 Å². The predicted octanol–water partition coefficient (Wildman–Crippen LogP) is 3.52. The van der Waals surface area contributed by atoms with Crippen molar-refractivity contribution >= 4 is 29.9 Å². The maximum Gasteiger partial charge on any atom is 0.194 e. The third-order valence-electron chi connectivity index (χ3n) is 5.44. The minimum absolute atomic E-state index is 0. The van der Waals surface area contributed by atoms with E-state index in [0.29, 0.717) is 12.0 Å². The Morgan fingerprint density at radius 1 is 1.32 bits per heavy atom. The first-order chi connectivity index (χ1) is 13.0. The summed E-state index contributed by atoms with van der Waals surface area (Å²) in [4.78, 5) is 7.34. The Morgan fingerprint density at radius 3 is 2.75 bits per heavy atom. The summed E-state index contributed by atoms with van der Waals surface area (Å²) in [5.74, 6) is 2.81. The van der Waals surface area contributed by atoms with E-state index in [1.807, 2.05) is 25.5 Å². The Hall–Kier alpha value is -0.900. The second-order valence-electron chi connectivity index (χ2n) is 7.93. The van der Waals surface area contributed by atoms with Crippen molar-refractivity contribution in [2.45, 2.75) is 66.3 Å². The van der Waals surface area contributed by atoms with Gasteiger partial charge in [0.05, 0.1) is 0 Å². The van der Waals surface area contributed by atoms with E-state index in [1.165, 1.54) is 25.7 Å². The molecule has 1 aliphatic heterocycles. The maximum absolute atomic E-state index is 5.46. The van der Waals surface area contributed by atoms with E-state index in [-0.39, 0.29) is 24.0 Å². The van der Waals surface area contributed by atoms with Crippen LogP contribution in [0, 0.1) is 12.3 Å². The van der Waals surface area contributed by atoms with Crippen molar-refractivity contribution in [2.75, 3.05) is 32.8 Å². The fourth-order valence-corrected chi connectivity index (χ4v) is 3.82. The molecule has 2 heterocycles. The van der Waals surface area contributed by atoms with Gasteiger partial charge in [-0.05, 0) is 44.9 Å². The van der Waals surface area contributed by atoms with Crippen molar-refractivity contribution in [1.82, 2.24) is 25.0 Å². The number of halogens is 1. The molecule has 1 saturated heterocycles. The maximum atomic E-state index is 5.46. The number of hydrogen-bond donors (Lipinski definition) is 1. The lowest BCUT2D eigenvalue weighted by molar-refractivity contribution is 0.138. The van der Waals surface area contributed by atoms with Gasteiger partial charge in [-0.1, -0.05) is 20.3 Å². The van der Waals surface area contributed by atoms with Gasteiger partial charge in [-0.15, -0.1) is 34.2 Å². The highest BCUT2D eigenvalue weighted by Gasteiger charge is 2.31. The summed E-state index contributed by atoms with van der Waals surface area (Å²) < 4.78 is 7.47. The second kappa shape index (κ2) is 12.6. The molecular weight excluding hydrogens is 467 g/mol. The van der Waals surface area contributed by atoms with Crippen LogP contribution < -0.4 is 5.32 Å². The lowest BCUT2D eigenvalue weighted by Crippen LogP contribution is -2.50. The highest BCUT2D eigenvalue weighted by atomic mass is 127. The predicted molar refractivity (Wildman–Crippen MR) is 125 cm³/mol. The van der Waals surface area contributed by atoms with E-state index < -0.39 is 0 Å². The molecule has 1 aromatic rings. The Labute approximate surface area is 187 Å². The molecule has 1 N–H and O–H groups in total. The van der Waals surface area contributed by atoms with E-state index in [2.05, 4.69) is 34.3 Å². The van der Waals surface area contributed by atoms with Crippen LogP contribution in [0.5, 0.6) is 0 Å². The van der Waals surface area contributed by atoms with Crippen LogP contribution in [0.3, 0.4) is 0 Å². The number of likely N-dealkylation sites (tertiary alicyclic amines) is 1. The van der Waals surface area contributed by atoms with Gasteiger partial charge in [0.2, 0.25) is 0 Å². The van der Waals surface area contributed by atoms with Crippen LogP contribution in [0.2, 0.25) is 0 Å². The number of piperidine rings is 1. The molecule has 1 aliphatic rings. The van der Waals surface area contributed by atoms with Crippen LogP contribution in [-0.4, -0.2) is 58.5 Å². The lowest BCUT2D eigenvalue weighted by Gasteiger charge is -2.42. The smallest absolute Gasteiger partial charge is 0.194 e. The zero-order chi connectivity index (χ0) is 19.7. The molecule has 1 unspecified atom stereocenters. The number of hydrogen-bond acceptors (Lipinski definition) is 4. The van der Waals surface area contributed by atoms with E-state index in [9.17, 15) is 0 Å². The van der Waals surface area contributed by atoms with Crippen molar-refractivity contribution in [3.63, 3.8) is 0 Å². The Morgan fingerprint density at radius 2 is 2.11 bits per heavy atom. The molecule has 0 bridgehead atoms. The zero-order valence-corrected chi connectivity index (χ0v) is 20.7. The van der Waals surface area contributed by atoms with Gasteiger partial charge >= 0.3 is 0 Å². The van der Waals surface area contributed by atoms with E-state index in [4.69, 9.17) is 9.73 Å². The lowest BCUT2D eigenvalue weighted by atomic mass is 9.78. The molecule has 0 aliphatic carbocycles. The summed E-state index contributed by atoms with van der Waals surface area (Å²) >= 11 is 0. The van der Waals surface area contributed by atoms with Gasteiger partial charge in [0.25, 0.3) is 0 Å². The number of aromatic nitrogens is 3. The number of aryl methyl sites for hydroxylation is 1. The molecule has 28 heavy (non-hydrogen) atoms. The van der Waals surface area contributed by atoms with Gasteiger partial charge in [0.1, 0.15) is 12.4 Å². The fourth-order valence-electron chi connectivity index (χ4n) is 3.82. The molecule has 1 aromatic heterocycles. The number of ether oxygens (including phenoxy) is 1. The minimum atomic E-state index is 0. The van der Waals surface area contributed by atoms with Crippen LogP contribution in [0.4, 0.5) is 0 Å². The van der Waals surface area contributed by atoms with Crippen LogP contribution in [-0.2, 0) is 18.3 Å². The SMILES string of the molecule is CCCC1(C)CCCN(C(=NCc2nnc(C)n2C)NCCCOCC)C1.I. The number of nitrogens with zero attached hydrogens (tertiary/aromatic N) is 5. The summed E-state index contributed by atoms with van der Waals surface area (Å²) in [6.07, 6.45) is 6.01. The number of guanidine groups is 1. The summed E-state index contributed by atoms with van der Waals surface area (Å²) in [7, 11) is 1.99. The monoisotopic (exact) mass is 506 g/mol. The van der Waals surface area contributed by atoms with Gasteiger partial charge in [-0.2, -0.15) is 0 Å². The topological polar surface area (TPSA) is 67.6 Å². The molecular formula is C20H39IN6O. The van der Waals surface area contributed by atoms with Crippen molar-refractivity contribution in [3.05, 3.63) is 11.6 Å². The summed E-state index contributed by atoms with van der Waals surface area (Å²) in [6, 6.07) is 0. The molecule has 1 fully saturated rings.